The number of rotatable bonds is 8. The first-order chi connectivity index (χ1) is 10.2. The van der Waals surface area contributed by atoms with Crippen molar-refractivity contribution in [3.8, 4) is 5.75 Å². The molecule has 1 aromatic heterocycles. The summed E-state index contributed by atoms with van der Waals surface area (Å²) in [7, 11) is 0. The molecule has 2 aromatic rings. The Balaban J connectivity index is 1.87. The van der Waals surface area contributed by atoms with Gasteiger partial charge >= 0.3 is 6.61 Å². The smallest absolute Gasteiger partial charge is 0.387 e. The van der Waals surface area contributed by atoms with Crippen LogP contribution in [0.15, 0.2) is 30.5 Å². The summed E-state index contributed by atoms with van der Waals surface area (Å²) in [5, 5.41) is 19.6. The normalized spacial score (nSPS) is 11.0. The number of aliphatic hydroxyl groups is 1. The number of benzene rings is 1. The summed E-state index contributed by atoms with van der Waals surface area (Å²) in [5.41, 5.74) is 1.34. The lowest BCUT2D eigenvalue weighted by molar-refractivity contribution is -0.0505. The van der Waals surface area contributed by atoms with Gasteiger partial charge in [0, 0.05) is 24.8 Å². The molecule has 8 heteroatoms. The van der Waals surface area contributed by atoms with Crippen LogP contribution in [0.4, 0.5) is 8.78 Å². The molecular weight excluding hydrogens is 282 g/mol. The number of ether oxygens (including phenoxy) is 1. The standard InChI is InChI=1S/C13H16F2N4O2/c14-13(15)21-12-4-2-1-3-10(12)7-16-8-11-9-19(5-6-20)18-17-11/h1-4,9,13,16,20H,5-8H2. The van der Waals surface area contributed by atoms with Gasteiger partial charge in [-0.05, 0) is 6.07 Å². The first kappa shape index (κ1) is 15.3. The van der Waals surface area contributed by atoms with Gasteiger partial charge in [-0.3, -0.25) is 0 Å². The predicted octanol–water partition coefficient (Wildman–Crippen LogP) is 1.16. The first-order valence-corrected chi connectivity index (χ1v) is 6.42. The number of halogens is 2. The molecule has 0 aliphatic heterocycles. The van der Waals surface area contributed by atoms with Gasteiger partial charge in [0.2, 0.25) is 0 Å². The van der Waals surface area contributed by atoms with Crippen molar-refractivity contribution in [2.75, 3.05) is 6.61 Å². The SMILES string of the molecule is OCCn1cc(CNCc2ccccc2OC(F)F)nn1. The lowest BCUT2D eigenvalue weighted by Gasteiger charge is -2.10. The van der Waals surface area contributed by atoms with Gasteiger partial charge in [-0.2, -0.15) is 8.78 Å². The molecule has 114 valence electrons. The predicted molar refractivity (Wildman–Crippen MR) is 70.7 cm³/mol. The lowest BCUT2D eigenvalue weighted by Crippen LogP contribution is -2.14. The van der Waals surface area contributed by atoms with Gasteiger partial charge in [-0.25, -0.2) is 4.68 Å². The molecule has 6 nitrogen and oxygen atoms in total. The van der Waals surface area contributed by atoms with Crippen LogP contribution in [0.25, 0.3) is 0 Å². The third-order valence-electron chi connectivity index (χ3n) is 2.73. The second kappa shape index (κ2) is 7.65. The van der Waals surface area contributed by atoms with E-state index in [-0.39, 0.29) is 12.4 Å². The largest absolute Gasteiger partial charge is 0.434 e. The van der Waals surface area contributed by atoms with Crippen molar-refractivity contribution in [3.63, 3.8) is 0 Å². The summed E-state index contributed by atoms with van der Waals surface area (Å²) >= 11 is 0. The average Bonchev–Trinajstić information content (AvgIpc) is 2.88. The van der Waals surface area contributed by atoms with Crippen molar-refractivity contribution in [1.29, 1.82) is 0 Å². The molecule has 2 rings (SSSR count). The van der Waals surface area contributed by atoms with Crippen molar-refractivity contribution >= 4 is 0 Å². The minimum absolute atomic E-state index is 0.00539. The maximum absolute atomic E-state index is 12.3. The van der Waals surface area contributed by atoms with Crippen LogP contribution in [0.2, 0.25) is 0 Å². The van der Waals surface area contributed by atoms with Crippen molar-refractivity contribution in [1.82, 2.24) is 20.3 Å². The van der Waals surface area contributed by atoms with E-state index in [1.807, 2.05) is 0 Å². The molecule has 21 heavy (non-hydrogen) atoms. The molecule has 0 atom stereocenters. The van der Waals surface area contributed by atoms with Crippen LogP contribution < -0.4 is 10.1 Å². The zero-order valence-corrected chi connectivity index (χ0v) is 11.2. The maximum atomic E-state index is 12.3. The fraction of sp³-hybridized carbons (Fsp3) is 0.385. The number of aromatic nitrogens is 3. The Labute approximate surface area is 120 Å². The van der Waals surface area contributed by atoms with E-state index in [0.29, 0.717) is 30.9 Å². The van der Waals surface area contributed by atoms with Crippen molar-refractivity contribution in [2.24, 2.45) is 0 Å². The molecule has 0 bridgehead atoms. The van der Waals surface area contributed by atoms with Gasteiger partial charge in [0.25, 0.3) is 0 Å². The average molecular weight is 298 g/mol. The van der Waals surface area contributed by atoms with Gasteiger partial charge in [0.05, 0.1) is 18.8 Å². The minimum atomic E-state index is -2.84. The van der Waals surface area contributed by atoms with E-state index in [0.717, 1.165) is 0 Å². The highest BCUT2D eigenvalue weighted by molar-refractivity contribution is 5.33. The third-order valence-corrected chi connectivity index (χ3v) is 2.73. The highest BCUT2D eigenvalue weighted by Crippen LogP contribution is 2.19. The minimum Gasteiger partial charge on any atom is -0.434 e. The Morgan fingerprint density at radius 1 is 1.29 bits per heavy atom. The Bertz CT molecular complexity index is 563. The molecule has 0 aliphatic carbocycles. The summed E-state index contributed by atoms with van der Waals surface area (Å²) < 4.78 is 30.5. The molecule has 0 saturated carbocycles. The molecule has 0 unspecified atom stereocenters. The molecule has 0 saturated heterocycles. The van der Waals surface area contributed by atoms with Crippen LogP contribution >= 0.6 is 0 Å². The second-order valence-corrected chi connectivity index (χ2v) is 4.29. The molecule has 0 fully saturated rings. The van der Waals surface area contributed by atoms with Crippen LogP contribution in [0.3, 0.4) is 0 Å². The summed E-state index contributed by atoms with van der Waals surface area (Å²) in [6.45, 7) is -1.65. The Kier molecular flexibility index (Phi) is 5.59. The number of nitrogens with one attached hydrogen (secondary N) is 1. The Morgan fingerprint density at radius 3 is 2.86 bits per heavy atom. The van der Waals surface area contributed by atoms with E-state index in [1.165, 1.54) is 10.7 Å². The van der Waals surface area contributed by atoms with Gasteiger partial charge in [-0.15, -0.1) is 5.10 Å². The van der Waals surface area contributed by atoms with Crippen LogP contribution in [-0.4, -0.2) is 33.3 Å². The maximum Gasteiger partial charge on any atom is 0.387 e. The fourth-order valence-electron chi connectivity index (χ4n) is 1.82. The molecule has 0 aliphatic rings. The quantitative estimate of drug-likeness (QED) is 0.765. The Hall–Kier alpha value is -2.06. The molecule has 0 radical (unpaired) electrons. The van der Waals surface area contributed by atoms with Gasteiger partial charge in [0.1, 0.15) is 5.75 Å². The summed E-state index contributed by atoms with van der Waals surface area (Å²) in [6.07, 6.45) is 1.71. The number of hydrogen-bond donors (Lipinski definition) is 2. The monoisotopic (exact) mass is 298 g/mol. The summed E-state index contributed by atoms with van der Waals surface area (Å²) in [5.74, 6) is 0.156. The lowest BCUT2D eigenvalue weighted by atomic mass is 10.2. The molecule has 2 N–H and O–H groups in total. The Morgan fingerprint density at radius 2 is 2.10 bits per heavy atom. The van der Waals surface area contributed by atoms with E-state index in [2.05, 4.69) is 20.4 Å². The van der Waals surface area contributed by atoms with Crippen LogP contribution in [0.5, 0.6) is 5.75 Å². The zero-order chi connectivity index (χ0) is 15.1. The highest BCUT2D eigenvalue weighted by Gasteiger charge is 2.09. The number of aliphatic hydroxyl groups excluding tert-OH is 1. The van der Waals surface area contributed by atoms with Crippen LogP contribution in [0.1, 0.15) is 11.3 Å². The van der Waals surface area contributed by atoms with Gasteiger partial charge < -0.3 is 15.2 Å². The van der Waals surface area contributed by atoms with Crippen LogP contribution in [-0.2, 0) is 19.6 Å². The number of para-hydroxylation sites is 1. The van der Waals surface area contributed by atoms with Crippen LogP contribution in [0, 0.1) is 0 Å². The molecule has 1 aromatic carbocycles. The first-order valence-electron chi connectivity index (χ1n) is 6.42. The van der Waals surface area contributed by atoms with E-state index >= 15 is 0 Å². The summed E-state index contributed by atoms with van der Waals surface area (Å²) in [4.78, 5) is 0. The number of nitrogens with zero attached hydrogens (tertiary/aromatic N) is 3. The summed E-state index contributed by atoms with van der Waals surface area (Å²) in [6, 6.07) is 6.61. The molecule has 0 amide bonds. The molecule has 1 heterocycles. The van der Waals surface area contributed by atoms with Gasteiger partial charge in [-0.1, -0.05) is 23.4 Å². The van der Waals surface area contributed by atoms with Gasteiger partial charge in [0.15, 0.2) is 0 Å². The van der Waals surface area contributed by atoms with E-state index in [4.69, 9.17) is 5.11 Å². The van der Waals surface area contributed by atoms with Crippen molar-refractivity contribution in [3.05, 3.63) is 41.7 Å². The van der Waals surface area contributed by atoms with E-state index < -0.39 is 6.61 Å². The molecular formula is C13H16F2N4O2. The number of alkyl halides is 2. The fourth-order valence-corrected chi connectivity index (χ4v) is 1.82. The van der Waals surface area contributed by atoms with E-state index in [9.17, 15) is 8.78 Å². The van der Waals surface area contributed by atoms with E-state index in [1.54, 1.807) is 24.4 Å². The highest BCUT2D eigenvalue weighted by atomic mass is 19.3. The number of hydrogen-bond acceptors (Lipinski definition) is 5. The van der Waals surface area contributed by atoms with Crippen molar-refractivity contribution in [2.45, 2.75) is 26.2 Å². The topological polar surface area (TPSA) is 72.2 Å². The zero-order valence-electron chi connectivity index (χ0n) is 11.2. The second-order valence-electron chi connectivity index (χ2n) is 4.29. The third kappa shape index (κ3) is 4.76. The van der Waals surface area contributed by atoms with Crippen molar-refractivity contribution < 1.29 is 18.6 Å². The molecule has 0 spiro atoms.